The predicted molar refractivity (Wildman–Crippen MR) is 59.6 cm³/mol. The van der Waals surface area contributed by atoms with E-state index in [4.69, 9.17) is 23.2 Å². The van der Waals surface area contributed by atoms with Gasteiger partial charge in [0.1, 0.15) is 21.9 Å². The van der Waals surface area contributed by atoms with Gasteiger partial charge in [0.25, 0.3) is 0 Å². The zero-order valence-corrected chi connectivity index (χ0v) is 9.36. The van der Waals surface area contributed by atoms with E-state index in [0.717, 1.165) is 18.2 Å². The van der Waals surface area contributed by atoms with Gasteiger partial charge in [-0.15, -0.1) is 0 Å². The van der Waals surface area contributed by atoms with Crippen molar-refractivity contribution in [1.29, 1.82) is 0 Å². The second-order valence-electron chi connectivity index (χ2n) is 3.13. The largest absolute Gasteiger partial charge is 0.224 e. The fraction of sp³-hybridized carbons (Fsp3) is 0. The third-order valence-corrected chi connectivity index (χ3v) is 2.39. The number of hydrogen-bond donors (Lipinski definition) is 0. The summed E-state index contributed by atoms with van der Waals surface area (Å²) < 4.78 is 26.4. The highest BCUT2D eigenvalue weighted by Gasteiger charge is 2.08. The van der Waals surface area contributed by atoms with Crippen molar-refractivity contribution < 1.29 is 8.78 Å². The average Bonchev–Trinajstić information content (AvgIpc) is 2.20. The Morgan fingerprint density at radius 2 is 1.56 bits per heavy atom. The number of aromatic nitrogens is 1. The molecule has 0 saturated carbocycles. The van der Waals surface area contributed by atoms with Crippen LogP contribution in [0.2, 0.25) is 10.3 Å². The molecule has 0 fully saturated rings. The van der Waals surface area contributed by atoms with Gasteiger partial charge in [-0.05, 0) is 35.9 Å². The highest BCUT2D eigenvalue weighted by atomic mass is 35.5. The highest BCUT2D eigenvalue weighted by molar-refractivity contribution is 6.32. The summed E-state index contributed by atoms with van der Waals surface area (Å²) in [7, 11) is 0. The van der Waals surface area contributed by atoms with E-state index >= 15 is 0 Å². The second-order valence-corrected chi connectivity index (χ2v) is 3.90. The molecule has 0 amide bonds. The maximum absolute atomic E-state index is 13.4. The van der Waals surface area contributed by atoms with Crippen LogP contribution in [0, 0.1) is 11.6 Å². The fourth-order valence-electron chi connectivity index (χ4n) is 1.34. The molecule has 0 aliphatic rings. The summed E-state index contributed by atoms with van der Waals surface area (Å²) in [6, 6.07) is 6.02. The molecule has 0 aliphatic carbocycles. The maximum atomic E-state index is 13.4. The van der Waals surface area contributed by atoms with Gasteiger partial charge in [0, 0.05) is 5.56 Å². The van der Waals surface area contributed by atoms with Crippen LogP contribution < -0.4 is 0 Å². The van der Waals surface area contributed by atoms with Crippen molar-refractivity contribution in [1.82, 2.24) is 4.98 Å². The van der Waals surface area contributed by atoms with Crippen molar-refractivity contribution in [3.05, 3.63) is 52.3 Å². The lowest BCUT2D eigenvalue weighted by atomic mass is 10.1. The Morgan fingerprint density at radius 3 is 2.19 bits per heavy atom. The summed E-state index contributed by atoms with van der Waals surface area (Å²) in [4.78, 5) is 3.73. The lowest BCUT2D eigenvalue weighted by Gasteiger charge is -2.04. The van der Waals surface area contributed by atoms with Gasteiger partial charge in [0.2, 0.25) is 0 Å². The molecule has 1 aromatic carbocycles. The summed E-state index contributed by atoms with van der Waals surface area (Å²) in [6.07, 6.45) is 0. The van der Waals surface area contributed by atoms with Crippen LogP contribution in [-0.2, 0) is 0 Å². The average molecular weight is 260 g/mol. The summed E-state index contributed by atoms with van der Waals surface area (Å²) >= 11 is 11.4. The number of nitrogens with zero attached hydrogens (tertiary/aromatic N) is 1. The smallest absolute Gasteiger partial charge is 0.131 e. The van der Waals surface area contributed by atoms with Crippen LogP contribution in [0.1, 0.15) is 0 Å². The van der Waals surface area contributed by atoms with E-state index in [1.54, 1.807) is 0 Å². The Hall–Kier alpha value is -1.19. The molecule has 82 valence electrons. The number of pyridine rings is 1. The minimum absolute atomic E-state index is 0.103. The van der Waals surface area contributed by atoms with Crippen LogP contribution >= 0.6 is 23.2 Å². The molecule has 0 N–H and O–H groups in total. The van der Waals surface area contributed by atoms with Crippen molar-refractivity contribution in [2.75, 3.05) is 0 Å². The predicted octanol–water partition coefficient (Wildman–Crippen LogP) is 4.33. The van der Waals surface area contributed by atoms with E-state index in [1.165, 1.54) is 12.1 Å². The first-order valence-electron chi connectivity index (χ1n) is 4.35. The number of halogens is 4. The maximum Gasteiger partial charge on any atom is 0.131 e. The Bertz CT molecular complexity index is 523. The minimum atomic E-state index is -0.542. The third kappa shape index (κ3) is 2.31. The van der Waals surface area contributed by atoms with E-state index in [2.05, 4.69) is 4.98 Å². The van der Waals surface area contributed by atoms with Crippen molar-refractivity contribution in [2.45, 2.75) is 0 Å². The van der Waals surface area contributed by atoms with E-state index in [0.29, 0.717) is 5.56 Å². The van der Waals surface area contributed by atoms with Gasteiger partial charge in [-0.25, -0.2) is 13.8 Å². The van der Waals surface area contributed by atoms with Crippen LogP contribution in [0.25, 0.3) is 11.1 Å². The van der Waals surface area contributed by atoms with Crippen molar-refractivity contribution in [3.63, 3.8) is 0 Å². The van der Waals surface area contributed by atoms with Crippen molar-refractivity contribution in [2.24, 2.45) is 0 Å². The van der Waals surface area contributed by atoms with Crippen LogP contribution in [-0.4, -0.2) is 4.98 Å². The lowest BCUT2D eigenvalue weighted by molar-refractivity contribution is 0.603. The summed E-state index contributed by atoms with van der Waals surface area (Å²) in [6.45, 7) is 0. The molecule has 0 aliphatic heterocycles. The zero-order valence-electron chi connectivity index (χ0n) is 7.85. The molecule has 0 atom stereocenters. The number of benzene rings is 1. The molecule has 1 aromatic heterocycles. The zero-order chi connectivity index (χ0) is 11.7. The SMILES string of the molecule is Fc1ccc(F)c(-c2cc(Cl)nc(Cl)c2)c1. The Morgan fingerprint density at radius 1 is 0.938 bits per heavy atom. The molecule has 5 heteroatoms. The van der Waals surface area contributed by atoms with Gasteiger partial charge in [0.15, 0.2) is 0 Å². The van der Waals surface area contributed by atoms with Crippen molar-refractivity contribution in [3.8, 4) is 11.1 Å². The standard InChI is InChI=1S/C11H5Cl2F2N/c12-10-3-6(4-11(13)16-10)8-5-7(14)1-2-9(8)15/h1-5H. The summed E-state index contributed by atoms with van der Waals surface area (Å²) in [5, 5.41) is 0.261. The van der Waals surface area contributed by atoms with Gasteiger partial charge in [-0.3, -0.25) is 0 Å². The highest BCUT2D eigenvalue weighted by Crippen LogP contribution is 2.27. The van der Waals surface area contributed by atoms with Gasteiger partial charge in [-0.1, -0.05) is 23.2 Å². The number of rotatable bonds is 1. The van der Waals surface area contributed by atoms with E-state index in [1.807, 2.05) is 0 Å². The van der Waals surface area contributed by atoms with Crippen molar-refractivity contribution >= 4 is 23.2 Å². The van der Waals surface area contributed by atoms with Gasteiger partial charge in [0.05, 0.1) is 0 Å². The van der Waals surface area contributed by atoms with E-state index in [9.17, 15) is 8.78 Å². The Kier molecular flexibility index (Phi) is 3.08. The molecule has 1 nitrogen and oxygen atoms in total. The molecule has 0 radical (unpaired) electrons. The summed E-state index contributed by atoms with van der Waals surface area (Å²) in [5.74, 6) is -1.07. The first-order chi connectivity index (χ1) is 7.56. The van der Waals surface area contributed by atoms with Gasteiger partial charge >= 0.3 is 0 Å². The molecule has 2 rings (SSSR count). The molecule has 0 spiro atoms. The number of hydrogen-bond acceptors (Lipinski definition) is 1. The monoisotopic (exact) mass is 259 g/mol. The molecule has 1 heterocycles. The molecule has 16 heavy (non-hydrogen) atoms. The third-order valence-electron chi connectivity index (χ3n) is 2.00. The molecule has 0 bridgehead atoms. The molecule has 0 saturated heterocycles. The first-order valence-corrected chi connectivity index (χ1v) is 5.10. The van der Waals surface area contributed by atoms with Crippen LogP contribution in [0.15, 0.2) is 30.3 Å². The Balaban J connectivity index is 2.62. The van der Waals surface area contributed by atoms with Crippen LogP contribution in [0.4, 0.5) is 8.78 Å². The second kappa shape index (κ2) is 4.36. The van der Waals surface area contributed by atoms with Gasteiger partial charge in [-0.2, -0.15) is 0 Å². The van der Waals surface area contributed by atoms with Gasteiger partial charge < -0.3 is 0 Å². The molecular weight excluding hydrogens is 255 g/mol. The van der Waals surface area contributed by atoms with E-state index in [-0.39, 0.29) is 15.9 Å². The quantitative estimate of drug-likeness (QED) is 0.695. The van der Waals surface area contributed by atoms with E-state index < -0.39 is 11.6 Å². The topological polar surface area (TPSA) is 12.9 Å². The lowest BCUT2D eigenvalue weighted by Crippen LogP contribution is -1.88. The minimum Gasteiger partial charge on any atom is -0.224 e. The van der Waals surface area contributed by atoms with Crippen LogP contribution in [0.3, 0.4) is 0 Å². The molecular formula is C11H5Cl2F2N. The van der Waals surface area contributed by atoms with Crippen LogP contribution in [0.5, 0.6) is 0 Å². The normalized spacial score (nSPS) is 10.5. The molecule has 0 unspecified atom stereocenters. The Labute approximate surface area is 101 Å². The summed E-state index contributed by atoms with van der Waals surface area (Å²) in [5.41, 5.74) is 0.494. The molecule has 2 aromatic rings. The first kappa shape index (κ1) is 11.3. The fourth-order valence-corrected chi connectivity index (χ4v) is 1.80.